The van der Waals surface area contributed by atoms with E-state index in [2.05, 4.69) is 58.0 Å². The van der Waals surface area contributed by atoms with Crippen molar-refractivity contribution in [3.8, 4) is 22.6 Å². The Hall–Kier alpha value is -1.96. The molecule has 0 saturated heterocycles. The van der Waals surface area contributed by atoms with Crippen LogP contribution in [0.15, 0.2) is 30.3 Å². The molecule has 0 N–H and O–H groups in total. The molecular weight excluding hydrogens is 308 g/mol. The summed E-state index contributed by atoms with van der Waals surface area (Å²) in [5, 5.41) is 0. The first kappa shape index (κ1) is 19.4. The first-order valence-electron chi connectivity index (χ1n) is 9.37. The molecule has 2 aromatic rings. The standard InChI is InChI=1S/C23H32O2/c1-7-8-9-10-18-13-21(24-5)23(22(14-18)25-6)20-15-19(16(2)3)12-11-17(20)4/h11-16H,7-10H2,1-6H3. The number of methoxy groups -OCH3 is 2. The third-order valence-corrected chi connectivity index (χ3v) is 4.83. The zero-order chi connectivity index (χ0) is 18.4. The number of benzene rings is 2. The molecule has 0 unspecified atom stereocenters. The molecule has 0 aromatic heterocycles. The molecule has 25 heavy (non-hydrogen) atoms. The Kier molecular flexibility index (Phi) is 6.92. The predicted molar refractivity (Wildman–Crippen MR) is 107 cm³/mol. The highest BCUT2D eigenvalue weighted by Gasteiger charge is 2.17. The fourth-order valence-corrected chi connectivity index (χ4v) is 3.22. The molecule has 0 fully saturated rings. The third kappa shape index (κ3) is 4.56. The van der Waals surface area contributed by atoms with Crippen LogP contribution in [0.3, 0.4) is 0 Å². The molecule has 2 aromatic carbocycles. The second kappa shape index (κ2) is 8.94. The van der Waals surface area contributed by atoms with Crippen molar-refractivity contribution < 1.29 is 9.47 Å². The second-order valence-corrected chi connectivity index (χ2v) is 7.06. The molecular formula is C23H32O2. The minimum Gasteiger partial charge on any atom is -0.496 e. The van der Waals surface area contributed by atoms with Crippen molar-refractivity contribution in [1.82, 2.24) is 0 Å². The molecule has 0 aliphatic heterocycles. The molecule has 0 aliphatic rings. The minimum atomic E-state index is 0.490. The highest BCUT2D eigenvalue weighted by molar-refractivity contribution is 5.80. The smallest absolute Gasteiger partial charge is 0.130 e. The summed E-state index contributed by atoms with van der Waals surface area (Å²) in [5.74, 6) is 2.29. The van der Waals surface area contributed by atoms with E-state index >= 15 is 0 Å². The van der Waals surface area contributed by atoms with Gasteiger partial charge in [0.25, 0.3) is 0 Å². The van der Waals surface area contributed by atoms with E-state index in [-0.39, 0.29) is 0 Å². The number of unbranched alkanes of at least 4 members (excludes halogenated alkanes) is 2. The summed E-state index contributed by atoms with van der Waals surface area (Å²) in [4.78, 5) is 0. The molecule has 0 heterocycles. The van der Waals surface area contributed by atoms with Gasteiger partial charge in [0.05, 0.1) is 19.8 Å². The van der Waals surface area contributed by atoms with E-state index in [0.29, 0.717) is 5.92 Å². The van der Waals surface area contributed by atoms with Crippen molar-refractivity contribution in [2.24, 2.45) is 0 Å². The largest absolute Gasteiger partial charge is 0.496 e. The van der Waals surface area contributed by atoms with Gasteiger partial charge in [0, 0.05) is 0 Å². The number of hydrogen-bond donors (Lipinski definition) is 0. The molecule has 0 atom stereocenters. The molecule has 0 bridgehead atoms. The lowest BCUT2D eigenvalue weighted by atomic mass is 9.91. The van der Waals surface area contributed by atoms with Crippen LogP contribution in [0.4, 0.5) is 0 Å². The van der Waals surface area contributed by atoms with Crippen molar-refractivity contribution in [1.29, 1.82) is 0 Å². The van der Waals surface area contributed by atoms with Crippen LogP contribution < -0.4 is 9.47 Å². The maximum absolute atomic E-state index is 5.76. The first-order valence-corrected chi connectivity index (χ1v) is 9.37. The molecule has 0 aliphatic carbocycles. The van der Waals surface area contributed by atoms with E-state index in [1.165, 1.54) is 41.5 Å². The quantitative estimate of drug-likeness (QED) is 0.508. The highest BCUT2D eigenvalue weighted by Crippen LogP contribution is 2.42. The molecule has 0 amide bonds. The monoisotopic (exact) mass is 340 g/mol. The maximum Gasteiger partial charge on any atom is 0.130 e. The van der Waals surface area contributed by atoms with Crippen LogP contribution in [0, 0.1) is 6.92 Å². The summed E-state index contributed by atoms with van der Waals surface area (Å²) in [5.41, 5.74) is 6.10. The van der Waals surface area contributed by atoms with Gasteiger partial charge in [0.15, 0.2) is 0 Å². The first-order chi connectivity index (χ1) is 12.0. The van der Waals surface area contributed by atoms with Crippen LogP contribution in [0.2, 0.25) is 0 Å². The molecule has 136 valence electrons. The van der Waals surface area contributed by atoms with Gasteiger partial charge in [-0.15, -0.1) is 0 Å². The number of hydrogen-bond acceptors (Lipinski definition) is 2. The van der Waals surface area contributed by atoms with Crippen molar-refractivity contribution in [2.75, 3.05) is 14.2 Å². The lowest BCUT2D eigenvalue weighted by Gasteiger charge is -2.19. The Morgan fingerprint density at radius 3 is 2.08 bits per heavy atom. The third-order valence-electron chi connectivity index (χ3n) is 4.83. The molecule has 2 rings (SSSR count). The normalized spacial score (nSPS) is 11.0. The molecule has 0 saturated carbocycles. The Labute approximate surface area is 153 Å². The van der Waals surface area contributed by atoms with Crippen LogP contribution in [-0.2, 0) is 6.42 Å². The van der Waals surface area contributed by atoms with Gasteiger partial charge in [0.1, 0.15) is 11.5 Å². The van der Waals surface area contributed by atoms with Gasteiger partial charge in [-0.25, -0.2) is 0 Å². The van der Waals surface area contributed by atoms with Gasteiger partial charge in [-0.2, -0.15) is 0 Å². The van der Waals surface area contributed by atoms with Gasteiger partial charge in [-0.1, -0.05) is 51.8 Å². The summed E-state index contributed by atoms with van der Waals surface area (Å²) in [7, 11) is 3.49. The number of aryl methyl sites for hydroxylation is 2. The Balaban J connectivity index is 2.55. The minimum absolute atomic E-state index is 0.490. The Morgan fingerprint density at radius 2 is 1.56 bits per heavy atom. The van der Waals surface area contributed by atoms with Crippen molar-refractivity contribution in [2.45, 2.75) is 59.3 Å². The average Bonchev–Trinajstić information content (AvgIpc) is 2.61. The lowest BCUT2D eigenvalue weighted by Crippen LogP contribution is -1.99. The summed E-state index contributed by atoms with van der Waals surface area (Å²) in [6, 6.07) is 11.0. The Bertz CT molecular complexity index is 676. The van der Waals surface area contributed by atoms with Crippen LogP contribution in [0.1, 0.15) is 62.6 Å². The zero-order valence-corrected chi connectivity index (χ0v) is 16.6. The SMILES string of the molecule is CCCCCc1cc(OC)c(-c2cc(C(C)C)ccc2C)c(OC)c1. The molecule has 0 spiro atoms. The summed E-state index contributed by atoms with van der Waals surface area (Å²) in [6.07, 6.45) is 4.74. The number of rotatable bonds is 8. The van der Waals surface area contributed by atoms with E-state index in [9.17, 15) is 0 Å². The van der Waals surface area contributed by atoms with Gasteiger partial charge < -0.3 is 9.47 Å². The molecule has 2 nitrogen and oxygen atoms in total. The zero-order valence-electron chi connectivity index (χ0n) is 16.6. The predicted octanol–water partition coefficient (Wildman–Crippen LogP) is 6.54. The van der Waals surface area contributed by atoms with Gasteiger partial charge in [0.2, 0.25) is 0 Å². The van der Waals surface area contributed by atoms with E-state index in [1.54, 1.807) is 14.2 Å². The van der Waals surface area contributed by atoms with Gasteiger partial charge in [-0.3, -0.25) is 0 Å². The number of ether oxygens (including phenoxy) is 2. The average molecular weight is 341 g/mol. The van der Waals surface area contributed by atoms with E-state index < -0.39 is 0 Å². The van der Waals surface area contributed by atoms with Crippen LogP contribution in [0.5, 0.6) is 11.5 Å². The van der Waals surface area contributed by atoms with Crippen molar-refractivity contribution in [3.05, 3.63) is 47.0 Å². The van der Waals surface area contributed by atoms with E-state index in [0.717, 1.165) is 23.5 Å². The van der Waals surface area contributed by atoms with Crippen LogP contribution in [0.25, 0.3) is 11.1 Å². The summed E-state index contributed by atoms with van der Waals surface area (Å²) in [6.45, 7) is 8.82. The van der Waals surface area contributed by atoms with Gasteiger partial charge >= 0.3 is 0 Å². The topological polar surface area (TPSA) is 18.5 Å². The lowest BCUT2D eigenvalue weighted by molar-refractivity contribution is 0.396. The van der Waals surface area contributed by atoms with Crippen molar-refractivity contribution in [3.63, 3.8) is 0 Å². The maximum atomic E-state index is 5.76. The second-order valence-electron chi connectivity index (χ2n) is 7.06. The Morgan fingerprint density at radius 1 is 0.920 bits per heavy atom. The highest BCUT2D eigenvalue weighted by atomic mass is 16.5. The summed E-state index contributed by atoms with van der Waals surface area (Å²) < 4.78 is 11.5. The molecule has 2 heteroatoms. The van der Waals surface area contributed by atoms with E-state index in [4.69, 9.17) is 9.47 Å². The van der Waals surface area contributed by atoms with Crippen LogP contribution >= 0.6 is 0 Å². The molecule has 0 radical (unpaired) electrons. The van der Waals surface area contributed by atoms with Gasteiger partial charge in [-0.05, 0) is 60.1 Å². The van der Waals surface area contributed by atoms with Crippen LogP contribution in [-0.4, -0.2) is 14.2 Å². The fraction of sp³-hybridized carbons (Fsp3) is 0.478. The summed E-state index contributed by atoms with van der Waals surface area (Å²) >= 11 is 0. The fourth-order valence-electron chi connectivity index (χ4n) is 3.22. The van der Waals surface area contributed by atoms with Crippen molar-refractivity contribution >= 4 is 0 Å². The van der Waals surface area contributed by atoms with E-state index in [1.807, 2.05) is 0 Å².